The van der Waals surface area contributed by atoms with Gasteiger partial charge in [0.15, 0.2) is 0 Å². The van der Waals surface area contributed by atoms with Crippen LogP contribution in [0.1, 0.15) is 38.2 Å². The van der Waals surface area contributed by atoms with Crippen molar-refractivity contribution >= 4 is 0 Å². The van der Waals surface area contributed by atoms with Crippen molar-refractivity contribution in [2.24, 2.45) is 0 Å². The molecule has 1 saturated heterocycles. The van der Waals surface area contributed by atoms with Crippen LogP contribution in [0.25, 0.3) is 0 Å². The minimum atomic E-state index is 0.576. The monoisotopic (exact) mass is 292 g/mol. The Balaban J connectivity index is 1.73. The Bertz CT molecular complexity index is 413. The molecule has 2 rings (SSSR count). The van der Waals surface area contributed by atoms with Gasteiger partial charge in [-0.15, -0.1) is 0 Å². The second kappa shape index (κ2) is 8.40. The van der Waals surface area contributed by atoms with E-state index in [1.165, 1.54) is 38.3 Å². The van der Waals surface area contributed by atoms with Gasteiger partial charge in [0.1, 0.15) is 31.9 Å². The smallest absolute Gasteiger partial charge is 0.127 e. The fourth-order valence-electron chi connectivity index (χ4n) is 3.02. The van der Waals surface area contributed by atoms with E-state index in [0.29, 0.717) is 5.92 Å². The van der Waals surface area contributed by atoms with Crippen molar-refractivity contribution in [2.75, 3.05) is 46.4 Å². The van der Waals surface area contributed by atoms with Gasteiger partial charge in [-0.05, 0) is 24.0 Å². The number of benzene rings is 1. The van der Waals surface area contributed by atoms with Gasteiger partial charge in [0, 0.05) is 6.42 Å². The quantitative estimate of drug-likeness (QED) is 0.696. The van der Waals surface area contributed by atoms with Gasteiger partial charge in [0.05, 0.1) is 20.2 Å². The summed E-state index contributed by atoms with van der Waals surface area (Å²) in [5.74, 6) is 1.66. The number of nitrogens with one attached hydrogen (secondary N) is 2. The first kappa shape index (κ1) is 16.3. The fourth-order valence-corrected chi connectivity index (χ4v) is 3.02. The lowest BCUT2D eigenvalue weighted by atomic mass is 9.98. The van der Waals surface area contributed by atoms with Crippen LogP contribution in [0.3, 0.4) is 0 Å². The van der Waals surface area contributed by atoms with Gasteiger partial charge in [0.25, 0.3) is 0 Å². The van der Waals surface area contributed by atoms with Crippen LogP contribution in [0.4, 0.5) is 0 Å². The lowest BCUT2D eigenvalue weighted by molar-refractivity contribution is -1.00. The predicted molar refractivity (Wildman–Crippen MR) is 87.4 cm³/mol. The maximum Gasteiger partial charge on any atom is 0.127 e. The summed E-state index contributed by atoms with van der Waals surface area (Å²) in [5, 5.41) is 0. The Morgan fingerprint density at radius 3 is 2.57 bits per heavy atom. The third-order valence-electron chi connectivity index (χ3n) is 4.81. The predicted octanol–water partition coefficient (Wildman–Crippen LogP) is 0.382. The van der Waals surface area contributed by atoms with E-state index < -0.39 is 0 Å². The van der Waals surface area contributed by atoms with E-state index in [-0.39, 0.29) is 0 Å². The summed E-state index contributed by atoms with van der Waals surface area (Å²) in [4.78, 5) is 3.43. The molecule has 21 heavy (non-hydrogen) atoms. The molecule has 0 saturated carbocycles. The molecule has 1 aliphatic heterocycles. The Labute approximate surface area is 129 Å². The van der Waals surface area contributed by atoms with Crippen LogP contribution in [0, 0.1) is 0 Å². The Morgan fingerprint density at radius 2 is 1.86 bits per heavy atom. The molecule has 1 aliphatic rings. The second-order valence-electron chi connectivity index (χ2n) is 6.51. The molecular formula is C18H32N2O+2. The average molecular weight is 292 g/mol. The molecule has 2 N–H and O–H groups in total. The molecule has 1 heterocycles. The highest BCUT2D eigenvalue weighted by atomic mass is 16.5. The van der Waals surface area contributed by atoms with E-state index in [1.807, 2.05) is 0 Å². The molecule has 0 aliphatic carbocycles. The molecule has 0 bridgehead atoms. The molecule has 118 valence electrons. The van der Waals surface area contributed by atoms with Crippen molar-refractivity contribution in [3.05, 3.63) is 29.8 Å². The standard InChI is InChI=1S/C18H30N2O/c1-4-16(2)17-8-5-6-9-18(17)21-15-7-10-20-13-11-19(3)12-14-20/h5-6,8-9,16H,4,7,10-15H2,1-3H3/p+2/t16-/m1/s1. The number of piperazine rings is 1. The number of quaternary nitrogens is 2. The van der Waals surface area contributed by atoms with Crippen LogP contribution in [0.5, 0.6) is 5.75 Å². The van der Waals surface area contributed by atoms with Crippen LogP contribution in [0.2, 0.25) is 0 Å². The molecule has 1 aromatic carbocycles. The highest BCUT2D eigenvalue weighted by Gasteiger charge is 2.19. The lowest BCUT2D eigenvalue weighted by Gasteiger charge is -2.27. The normalized spacial score (nSPS) is 23.8. The van der Waals surface area contributed by atoms with Crippen molar-refractivity contribution < 1.29 is 14.5 Å². The van der Waals surface area contributed by atoms with Crippen LogP contribution >= 0.6 is 0 Å². The third-order valence-corrected chi connectivity index (χ3v) is 4.81. The zero-order valence-corrected chi connectivity index (χ0v) is 14.0. The van der Waals surface area contributed by atoms with Gasteiger partial charge in [-0.3, -0.25) is 0 Å². The number of para-hydroxylation sites is 1. The van der Waals surface area contributed by atoms with Crippen LogP contribution in [-0.2, 0) is 0 Å². The highest BCUT2D eigenvalue weighted by Crippen LogP contribution is 2.28. The molecule has 0 radical (unpaired) electrons. The SMILES string of the molecule is CC[C@@H](C)c1ccccc1OCCC[NH+]1CC[NH+](C)CC1. The van der Waals surface area contributed by atoms with Gasteiger partial charge >= 0.3 is 0 Å². The van der Waals surface area contributed by atoms with E-state index in [1.54, 1.807) is 9.80 Å². The Hall–Kier alpha value is -1.06. The zero-order chi connectivity index (χ0) is 15.1. The van der Waals surface area contributed by atoms with Crippen LogP contribution in [-0.4, -0.2) is 46.4 Å². The molecule has 3 heteroatoms. The molecule has 0 spiro atoms. The first-order chi connectivity index (χ1) is 10.2. The van der Waals surface area contributed by atoms with Gasteiger partial charge in [0.2, 0.25) is 0 Å². The number of hydrogen-bond donors (Lipinski definition) is 2. The molecule has 0 aromatic heterocycles. The summed E-state index contributed by atoms with van der Waals surface area (Å²) < 4.78 is 6.05. The summed E-state index contributed by atoms with van der Waals surface area (Å²) in [6, 6.07) is 8.52. The zero-order valence-electron chi connectivity index (χ0n) is 14.0. The highest BCUT2D eigenvalue weighted by molar-refractivity contribution is 5.35. The van der Waals surface area contributed by atoms with Gasteiger partial charge < -0.3 is 14.5 Å². The molecule has 1 atom stereocenters. The first-order valence-electron chi connectivity index (χ1n) is 8.57. The summed E-state index contributed by atoms with van der Waals surface area (Å²) in [5.41, 5.74) is 1.36. The van der Waals surface area contributed by atoms with E-state index in [0.717, 1.165) is 25.2 Å². The van der Waals surface area contributed by atoms with E-state index >= 15 is 0 Å². The van der Waals surface area contributed by atoms with Gasteiger partial charge in [-0.2, -0.15) is 0 Å². The second-order valence-corrected chi connectivity index (χ2v) is 6.51. The number of hydrogen-bond acceptors (Lipinski definition) is 1. The number of rotatable bonds is 7. The van der Waals surface area contributed by atoms with E-state index in [4.69, 9.17) is 4.74 Å². The van der Waals surface area contributed by atoms with Crippen molar-refractivity contribution in [2.45, 2.75) is 32.6 Å². The van der Waals surface area contributed by atoms with Crippen molar-refractivity contribution in [1.29, 1.82) is 0 Å². The van der Waals surface area contributed by atoms with E-state index in [9.17, 15) is 0 Å². The fraction of sp³-hybridized carbons (Fsp3) is 0.667. The minimum absolute atomic E-state index is 0.576. The molecule has 0 unspecified atom stereocenters. The summed E-state index contributed by atoms with van der Waals surface area (Å²) in [6.45, 7) is 11.9. The maximum atomic E-state index is 6.05. The lowest BCUT2D eigenvalue weighted by Crippen LogP contribution is -3.27. The summed E-state index contributed by atoms with van der Waals surface area (Å²) in [6.07, 6.45) is 2.32. The molecule has 1 aromatic rings. The maximum absolute atomic E-state index is 6.05. The Morgan fingerprint density at radius 1 is 1.14 bits per heavy atom. The van der Waals surface area contributed by atoms with Gasteiger partial charge in [-0.1, -0.05) is 32.0 Å². The Kier molecular flexibility index (Phi) is 6.52. The average Bonchev–Trinajstić information content (AvgIpc) is 2.53. The number of likely N-dealkylation sites (N-methyl/N-ethyl adjacent to an activating group) is 1. The van der Waals surface area contributed by atoms with Crippen molar-refractivity contribution in [1.82, 2.24) is 0 Å². The van der Waals surface area contributed by atoms with Crippen LogP contribution < -0.4 is 14.5 Å². The molecule has 1 fully saturated rings. The van der Waals surface area contributed by atoms with Gasteiger partial charge in [-0.25, -0.2) is 0 Å². The molecule has 3 nitrogen and oxygen atoms in total. The number of ether oxygens (including phenoxy) is 1. The minimum Gasteiger partial charge on any atom is -0.493 e. The third kappa shape index (κ3) is 5.01. The van der Waals surface area contributed by atoms with Crippen molar-refractivity contribution in [3.8, 4) is 5.75 Å². The van der Waals surface area contributed by atoms with Crippen LogP contribution in [0.15, 0.2) is 24.3 Å². The molecular weight excluding hydrogens is 260 g/mol. The summed E-state index contributed by atoms with van der Waals surface area (Å²) in [7, 11) is 2.30. The van der Waals surface area contributed by atoms with Crippen molar-refractivity contribution in [3.63, 3.8) is 0 Å². The first-order valence-corrected chi connectivity index (χ1v) is 8.57. The summed E-state index contributed by atoms with van der Waals surface area (Å²) >= 11 is 0. The molecule has 0 amide bonds. The topological polar surface area (TPSA) is 18.1 Å². The van der Waals surface area contributed by atoms with E-state index in [2.05, 4.69) is 45.2 Å². The largest absolute Gasteiger partial charge is 0.493 e.